The first-order chi connectivity index (χ1) is 10.2. The highest BCUT2D eigenvalue weighted by atomic mass is 16.5. The van der Waals surface area contributed by atoms with E-state index in [0.29, 0.717) is 12.3 Å². The molecule has 0 aliphatic heterocycles. The number of hydrogen-bond donors (Lipinski definition) is 1. The Kier molecular flexibility index (Phi) is 3.55. The summed E-state index contributed by atoms with van der Waals surface area (Å²) in [6.45, 7) is 2.27. The topological polar surface area (TPSA) is 66.0 Å². The molecule has 0 saturated carbocycles. The number of benzene rings is 2. The normalized spacial score (nSPS) is 10.5. The first kappa shape index (κ1) is 13.2. The van der Waals surface area contributed by atoms with Gasteiger partial charge in [0, 0.05) is 11.4 Å². The zero-order chi connectivity index (χ0) is 14.7. The van der Waals surface area contributed by atoms with E-state index in [1.54, 1.807) is 0 Å². The Labute approximate surface area is 123 Å². The maximum Gasteiger partial charge on any atom is 0.175 e. The number of rotatable bonds is 4. The van der Waals surface area contributed by atoms with Crippen LogP contribution >= 0.6 is 0 Å². The molecule has 0 atom stereocenters. The second-order valence-corrected chi connectivity index (χ2v) is 4.69. The lowest BCUT2D eigenvalue weighted by molar-refractivity contribution is 0.293. The average molecular weight is 280 g/mol. The van der Waals surface area contributed by atoms with Gasteiger partial charge in [0.25, 0.3) is 0 Å². The van der Waals surface area contributed by atoms with Gasteiger partial charge in [0.15, 0.2) is 5.82 Å². The lowest BCUT2D eigenvalue weighted by Crippen LogP contribution is -2.06. The molecule has 0 saturated heterocycles. The molecule has 0 unspecified atom stereocenters. The number of ether oxygens (including phenoxy) is 1. The molecule has 1 aromatic heterocycles. The van der Waals surface area contributed by atoms with Crippen LogP contribution in [0.3, 0.4) is 0 Å². The van der Waals surface area contributed by atoms with Crippen molar-refractivity contribution in [3.63, 3.8) is 0 Å². The van der Waals surface area contributed by atoms with Crippen molar-refractivity contribution in [1.29, 1.82) is 0 Å². The van der Waals surface area contributed by atoms with Crippen LogP contribution in [0.25, 0.3) is 5.69 Å². The van der Waals surface area contributed by atoms with Gasteiger partial charge in [0.2, 0.25) is 0 Å². The molecule has 5 heteroatoms. The SMILES string of the molecule is Cc1nnc(COc2ccc(N)cc2)n1-c1ccccc1. The molecule has 0 aliphatic rings. The summed E-state index contributed by atoms with van der Waals surface area (Å²) < 4.78 is 7.73. The van der Waals surface area contributed by atoms with Crippen LogP contribution in [0.15, 0.2) is 54.6 Å². The third kappa shape index (κ3) is 2.86. The zero-order valence-corrected chi connectivity index (χ0v) is 11.7. The van der Waals surface area contributed by atoms with Gasteiger partial charge in [-0.2, -0.15) is 0 Å². The van der Waals surface area contributed by atoms with Crippen molar-refractivity contribution in [3.05, 3.63) is 66.2 Å². The summed E-state index contributed by atoms with van der Waals surface area (Å²) >= 11 is 0. The minimum absolute atomic E-state index is 0.347. The van der Waals surface area contributed by atoms with E-state index >= 15 is 0 Å². The molecule has 21 heavy (non-hydrogen) atoms. The molecule has 0 amide bonds. The Morgan fingerprint density at radius 1 is 1.00 bits per heavy atom. The summed E-state index contributed by atoms with van der Waals surface area (Å²) in [7, 11) is 0. The van der Waals surface area contributed by atoms with Crippen molar-refractivity contribution in [2.24, 2.45) is 0 Å². The predicted molar refractivity (Wildman–Crippen MR) is 81.3 cm³/mol. The van der Waals surface area contributed by atoms with Gasteiger partial charge in [-0.15, -0.1) is 10.2 Å². The monoisotopic (exact) mass is 280 g/mol. The molecular formula is C16H16N4O. The van der Waals surface area contributed by atoms with Gasteiger partial charge < -0.3 is 10.5 Å². The minimum Gasteiger partial charge on any atom is -0.486 e. The van der Waals surface area contributed by atoms with Gasteiger partial charge in [0.1, 0.15) is 18.2 Å². The van der Waals surface area contributed by atoms with E-state index < -0.39 is 0 Å². The molecule has 0 radical (unpaired) electrons. The Hall–Kier alpha value is -2.82. The van der Waals surface area contributed by atoms with Crippen LogP contribution in [-0.2, 0) is 6.61 Å². The third-order valence-electron chi connectivity index (χ3n) is 3.15. The summed E-state index contributed by atoms with van der Waals surface area (Å²) in [6, 6.07) is 17.3. The largest absolute Gasteiger partial charge is 0.486 e. The van der Waals surface area contributed by atoms with Crippen molar-refractivity contribution >= 4 is 5.69 Å². The number of aromatic nitrogens is 3. The summed E-state index contributed by atoms with van der Waals surface area (Å²) in [4.78, 5) is 0. The van der Waals surface area contributed by atoms with Crippen LogP contribution in [0.4, 0.5) is 5.69 Å². The molecule has 3 aromatic rings. The molecule has 106 valence electrons. The number of nitrogens with two attached hydrogens (primary N) is 1. The highest BCUT2D eigenvalue weighted by Gasteiger charge is 2.11. The number of para-hydroxylation sites is 1. The van der Waals surface area contributed by atoms with E-state index in [-0.39, 0.29) is 0 Å². The van der Waals surface area contributed by atoms with E-state index in [1.165, 1.54) is 0 Å². The zero-order valence-electron chi connectivity index (χ0n) is 11.7. The van der Waals surface area contributed by atoms with E-state index in [9.17, 15) is 0 Å². The molecule has 0 spiro atoms. The Morgan fingerprint density at radius 3 is 2.43 bits per heavy atom. The number of nitrogens with zero attached hydrogens (tertiary/aromatic N) is 3. The van der Waals surface area contributed by atoms with Crippen molar-refractivity contribution < 1.29 is 4.74 Å². The lowest BCUT2D eigenvalue weighted by atomic mass is 10.3. The average Bonchev–Trinajstić information content (AvgIpc) is 2.88. The van der Waals surface area contributed by atoms with Gasteiger partial charge >= 0.3 is 0 Å². The maximum atomic E-state index is 5.74. The fourth-order valence-corrected chi connectivity index (χ4v) is 2.12. The van der Waals surface area contributed by atoms with Crippen LogP contribution in [0, 0.1) is 6.92 Å². The van der Waals surface area contributed by atoms with Gasteiger partial charge in [-0.3, -0.25) is 4.57 Å². The number of anilines is 1. The molecule has 3 rings (SSSR count). The Balaban J connectivity index is 1.82. The fourth-order valence-electron chi connectivity index (χ4n) is 2.12. The Bertz CT molecular complexity index is 720. The minimum atomic E-state index is 0.347. The second kappa shape index (κ2) is 5.66. The van der Waals surface area contributed by atoms with Crippen LogP contribution in [-0.4, -0.2) is 14.8 Å². The first-order valence-corrected chi connectivity index (χ1v) is 6.69. The van der Waals surface area contributed by atoms with E-state index in [0.717, 1.165) is 23.1 Å². The van der Waals surface area contributed by atoms with Crippen molar-refractivity contribution in [2.75, 3.05) is 5.73 Å². The highest BCUT2D eigenvalue weighted by Crippen LogP contribution is 2.17. The van der Waals surface area contributed by atoms with Gasteiger partial charge in [0.05, 0.1) is 0 Å². The number of aryl methyl sites for hydroxylation is 1. The molecule has 5 nitrogen and oxygen atoms in total. The molecule has 0 aliphatic carbocycles. The molecular weight excluding hydrogens is 264 g/mol. The lowest BCUT2D eigenvalue weighted by Gasteiger charge is -2.10. The van der Waals surface area contributed by atoms with E-state index in [4.69, 9.17) is 10.5 Å². The van der Waals surface area contributed by atoms with Gasteiger partial charge in [-0.1, -0.05) is 18.2 Å². The maximum absolute atomic E-state index is 5.74. The molecule has 0 fully saturated rings. The molecule has 2 aromatic carbocycles. The standard InChI is InChI=1S/C16H16N4O/c1-12-18-19-16(20(12)14-5-3-2-4-6-14)11-21-15-9-7-13(17)8-10-15/h2-10H,11,17H2,1H3. The summed E-state index contributed by atoms with van der Waals surface area (Å²) in [5.74, 6) is 2.34. The van der Waals surface area contributed by atoms with E-state index in [1.807, 2.05) is 66.1 Å². The summed E-state index contributed by atoms with van der Waals surface area (Å²) in [5, 5.41) is 8.32. The van der Waals surface area contributed by atoms with Crippen molar-refractivity contribution in [2.45, 2.75) is 13.5 Å². The van der Waals surface area contributed by atoms with Crippen molar-refractivity contribution in [1.82, 2.24) is 14.8 Å². The fraction of sp³-hybridized carbons (Fsp3) is 0.125. The highest BCUT2D eigenvalue weighted by molar-refractivity contribution is 5.41. The Morgan fingerprint density at radius 2 is 1.71 bits per heavy atom. The smallest absolute Gasteiger partial charge is 0.175 e. The van der Waals surface area contributed by atoms with Gasteiger partial charge in [-0.05, 0) is 43.3 Å². The van der Waals surface area contributed by atoms with Crippen LogP contribution in [0.2, 0.25) is 0 Å². The quantitative estimate of drug-likeness (QED) is 0.746. The summed E-state index contributed by atoms with van der Waals surface area (Å²) in [6.07, 6.45) is 0. The van der Waals surface area contributed by atoms with Crippen molar-refractivity contribution in [3.8, 4) is 11.4 Å². The number of nitrogen functional groups attached to an aromatic ring is 1. The predicted octanol–water partition coefficient (Wildman–Crippen LogP) is 2.74. The first-order valence-electron chi connectivity index (χ1n) is 6.69. The second-order valence-electron chi connectivity index (χ2n) is 4.69. The van der Waals surface area contributed by atoms with Crippen LogP contribution in [0.5, 0.6) is 5.75 Å². The molecule has 2 N–H and O–H groups in total. The van der Waals surface area contributed by atoms with Crippen LogP contribution in [0.1, 0.15) is 11.6 Å². The van der Waals surface area contributed by atoms with E-state index in [2.05, 4.69) is 10.2 Å². The number of hydrogen-bond acceptors (Lipinski definition) is 4. The third-order valence-corrected chi connectivity index (χ3v) is 3.15. The molecule has 1 heterocycles. The van der Waals surface area contributed by atoms with Crippen LogP contribution < -0.4 is 10.5 Å². The molecule has 0 bridgehead atoms. The summed E-state index contributed by atoms with van der Waals surface area (Å²) in [5.41, 5.74) is 7.39. The van der Waals surface area contributed by atoms with Gasteiger partial charge in [-0.25, -0.2) is 0 Å².